The zero-order chi connectivity index (χ0) is 21.5. The first kappa shape index (κ1) is 22.3. The summed E-state index contributed by atoms with van der Waals surface area (Å²) in [5.41, 5.74) is 2.35. The van der Waals surface area contributed by atoms with Crippen LogP contribution in [0.4, 0.5) is 0 Å². The monoisotopic (exact) mass is 487 g/mol. The van der Waals surface area contributed by atoms with Crippen LogP contribution in [0.5, 0.6) is 5.75 Å². The summed E-state index contributed by atoms with van der Waals surface area (Å²) in [5, 5.41) is 0. The van der Waals surface area contributed by atoms with Crippen LogP contribution in [0.1, 0.15) is 11.1 Å². The Morgan fingerprint density at radius 2 is 1.65 bits per heavy atom. The van der Waals surface area contributed by atoms with E-state index in [2.05, 4.69) is 43.9 Å². The van der Waals surface area contributed by atoms with E-state index < -0.39 is 0 Å². The fourth-order valence-corrected chi connectivity index (χ4v) is 4.41. The molecule has 2 saturated heterocycles. The zero-order valence-electron chi connectivity index (χ0n) is 17.8. The Bertz CT molecular complexity index is 850. The molecule has 0 aliphatic carbocycles. The van der Waals surface area contributed by atoms with Gasteiger partial charge in [0.1, 0.15) is 12.4 Å². The third-order valence-corrected chi connectivity index (χ3v) is 6.33. The van der Waals surface area contributed by atoms with Crippen LogP contribution in [-0.2, 0) is 22.7 Å². The number of morpholine rings is 1. The average molecular weight is 488 g/mol. The molecular formula is C24H30BrN3O3. The van der Waals surface area contributed by atoms with E-state index >= 15 is 0 Å². The lowest BCUT2D eigenvalue weighted by atomic mass is 10.1. The van der Waals surface area contributed by atoms with E-state index in [1.807, 2.05) is 35.2 Å². The number of carbonyl (C=O) groups is 1. The van der Waals surface area contributed by atoms with Crippen molar-refractivity contribution in [3.63, 3.8) is 0 Å². The molecule has 0 radical (unpaired) electrons. The van der Waals surface area contributed by atoms with Gasteiger partial charge in [0.05, 0.1) is 19.8 Å². The minimum absolute atomic E-state index is 0.223. The van der Waals surface area contributed by atoms with Crippen molar-refractivity contribution < 1.29 is 14.3 Å². The first-order valence-corrected chi connectivity index (χ1v) is 11.7. The number of ether oxygens (including phenoxy) is 2. The maximum atomic E-state index is 12.5. The van der Waals surface area contributed by atoms with Gasteiger partial charge in [-0.05, 0) is 23.8 Å². The molecule has 2 aliphatic rings. The average Bonchev–Trinajstić information content (AvgIpc) is 2.81. The molecule has 6 nitrogen and oxygen atoms in total. The molecule has 2 aromatic rings. The molecule has 0 saturated carbocycles. The molecule has 0 unspecified atom stereocenters. The van der Waals surface area contributed by atoms with E-state index in [9.17, 15) is 4.79 Å². The number of piperazine rings is 1. The number of benzene rings is 2. The van der Waals surface area contributed by atoms with Crippen molar-refractivity contribution >= 4 is 21.8 Å². The second-order valence-electron chi connectivity index (χ2n) is 8.07. The number of rotatable bonds is 7. The number of amides is 1. The molecule has 0 atom stereocenters. The van der Waals surface area contributed by atoms with Crippen LogP contribution in [-0.4, -0.2) is 79.6 Å². The minimum atomic E-state index is 0.223. The quantitative estimate of drug-likeness (QED) is 0.600. The van der Waals surface area contributed by atoms with Crippen molar-refractivity contribution in [2.24, 2.45) is 0 Å². The Morgan fingerprint density at radius 1 is 0.935 bits per heavy atom. The molecule has 4 rings (SSSR count). The summed E-state index contributed by atoms with van der Waals surface area (Å²) in [4.78, 5) is 19.1. The first-order chi connectivity index (χ1) is 15.2. The number of hydrogen-bond donors (Lipinski definition) is 0. The maximum absolute atomic E-state index is 12.5. The molecule has 2 heterocycles. The number of nitrogens with zero attached hydrogens (tertiary/aromatic N) is 3. The molecule has 1 amide bonds. The van der Waals surface area contributed by atoms with E-state index in [1.54, 1.807) is 0 Å². The van der Waals surface area contributed by atoms with Gasteiger partial charge in [0.2, 0.25) is 5.91 Å². The second-order valence-corrected chi connectivity index (χ2v) is 8.99. The molecule has 0 spiro atoms. The Hall–Kier alpha value is -1.93. The van der Waals surface area contributed by atoms with E-state index in [-0.39, 0.29) is 5.91 Å². The molecular weight excluding hydrogens is 458 g/mol. The summed E-state index contributed by atoms with van der Waals surface area (Å²) in [6.45, 7) is 8.36. The Morgan fingerprint density at radius 3 is 2.39 bits per heavy atom. The van der Waals surface area contributed by atoms with Gasteiger partial charge < -0.3 is 14.4 Å². The topological polar surface area (TPSA) is 45.2 Å². The predicted octanol–water partition coefficient (Wildman–Crippen LogP) is 3.00. The van der Waals surface area contributed by atoms with Gasteiger partial charge in [-0.3, -0.25) is 14.6 Å². The standard InChI is InChI=1S/C24H30BrN3O3/c25-22-6-7-23(31-19-20-4-2-1-3-5-20)21(16-22)17-26-8-10-27(11-9-26)18-24(29)28-12-14-30-15-13-28/h1-7,16H,8-15,17-19H2. The van der Waals surface area contributed by atoms with Crippen LogP contribution in [0.3, 0.4) is 0 Å². The highest BCUT2D eigenvalue weighted by Crippen LogP contribution is 2.26. The Labute approximate surface area is 192 Å². The molecule has 2 aromatic carbocycles. The maximum Gasteiger partial charge on any atom is 0.236 e. The zero-order valence-corrected chi connectivity index (χ0v) is 19.4. The van der Waals surface area contributed by atoms with Crippen molar-refractivity contribution in [1.29, 1.82) is 0 Å². The fourth-order valence-electron chi connectivity index (χ4n) is 4.00. The molecule has 0 N–H and O–H groups in total. The summed E-state index contributed by atoms with van der Waals surface area (Å²) in [6.07, 6.45) is 0. The lowest BCUT2D eigenvalue weighted by molar-refractivity contribution is -0.136. The normalized spacial score (nSPS) is 18.2. The lowest BCUT2D eigenvalue weighted by Gasteiger charge is -2.36. The van der Waals surface area contributed by atoms with Gasteiger partial charge in [-0.2, -0.15) is 0 Å². The van der Waals surface area contributed by atoms with Gasteiger partial charge >= 0.3 is 0 Å². The summed E-state index contributed by atoms with van der Waals surface area (Å²) in [6, 6.07) is 16.5. The van der Waals surface area contributed by atoms with Crippen LogP contribution in [0.15, 0.2) is 53.0 Å². The Balaban J connectivity index is 1.28. The summed E-state index contributed by atoms with van der Waals surface area (Å²) in [5.74, 6) is 1.15. The molecule has 0 bridgehead atoms. The third kappa shape index (κ3) is 6.53. The van der Waals surface area contributed by atoms with Crippen molar-refractivity contribution in [3.8, 4) is 5.75 Å². The first-order valence-electron chi connectivity index (χ1n) is 10.9. The van der Waals surface area contributed by atoms with E-state index in [1.165, 1.54) is 5.56 Å². The number of halogens is 1. The van der Waals surface area contributed by atoms with E-state index in [4.69, 9.17) is 9.47 Å². The van der Waals surface area contributed by atoms with E-state index in [0.717, 1.165) is 48.5 Å². The Kier molecular flexibility index (Phi) is 7.97. The van der Waals surface area contributed by atoms with Gasteiger partial charge in [-0.15, -0.1) is 0 Å². The van der Waals surface area contributed by atoms with Crippen LogP contribution < -0.4 is 4.74 Å². The highest BCUT2D eigenvalue weighted by molar-refractivity contribution is 9.10. The molecule has 166 valence electrons. The van der Waals surface area contributed by atoms with Crippen molar-refractivity contribution in [1.82, 2.24) is 14.7 Å². The van der Waals surface area contributed by atoms with E-state index in [0.29, 0.717) is 39.5 Å². The van der Waals surface area contributed by atoms with Gasteiger partial charge in [0, 0.05) is 55.8 Å². The predicted molar refractivity (Wildman–Crippen MR) is 124 cm³/mol. The minimum Gasteiger partial charge on any atom is -0.489 e. The largest absolute Gasteiger partial charge is 0.489 e. The third-order valence-electron chi connectivity index (χ3n) is 5.84. The smallest absolute Gasteiger partial charge is 0.236 e. The van der Waals surface area contributed by atoms with Crippen molar-refractivity contribution in [2.75, 3.05) is 59.0 Å². The number of hydrogen-bond acceptors (Lipinski definition) is 5. The van der Waals surface area contributed by atoms with Gasteiger partial charge in [-0.25, -0.2) is 0 Å². The van der Waals surface area contributed by atoms with Crippen LogP contribution >= 0.6 is 15.9 Å². The van der Waals surface area contributed by atoms with Crippen LogP contribution in [0.25, 0.3) is 0 Å². The van der Waals surface area contributed by atoms with Crippen molar-refractivity contribution in [3.05, 3.63) is 64.1 Å². The van der Waals surface area contributed by atoms with Gasteiger partial charge in [-0.1, -0.05) is 46.3 Å². The SMILES string of the molecule is O=C(CN1CCN(Cc2cc(Br)ccc2OCc2ccccc2)CC1)N1CCOCC1. The second kappa shape index (κ2) is 11.1. The van der Waals surface area contributed by atoms with Crippen LogP contribution in [0.2, 0.25) is 0 Å². The highest BCUT2D eigenvalue weighted by atomic mass is 79.9. The van der Waals surface area contributed by atoms with Gasteiger partial charge in [0.15, 0.2) is 0 Å². The molecule has 0 aromatic heterocycles. The molecule has 7 heteroatoms. The molecule has 2 fully saturated rings. The molecule has 31 heavy (non-hydrogen) atoms. The molecule has 2 aliphatic heterocycles. The fraction of sp³-hybridized carbons (Fsp3) is 0.458. The summed E-state index contributed by atoms with van der Waals surface area (Å²) < 4.78 is 12.5. The lowest BCUT2D eigenvalue weighted by Crippen LogP contribution is -2.51. The van der Waals surface area contributed by atoms with Crippen molar-refractivity contribution in [2.45, 2.75) is 13.2 Å². The van der Waals surface area contributed by atoms with Crippen LogP contribution in [0, 0.1) is 0 Å². The highest BCUT2D eigenvalue weighted by Gasteiger charge is 2.23. The summed E-state index contributed by atoms with van der Waals surface area (Å²) >= 11 is 3.60. The number of carbonyl (C=O) groups excluding carboxylic acids is 1. The summed E-state index contributed by atoms with van der Waals surface area (Å²) in [7, 11) is 0. The van der Waals surface area contributed by atoms with Gasteiger partial charge in [0.25, 0.3) is 0 Å².